The van der Waals surface area contributed by atoms with Crippen LogP contribution < -0.4 is 5.56 Å². The highest BCUT2D eigenvalue weighted by atomic mass is 32.1. The van der Waals surface area contributed by atoms with Crippen molar-refractivity contribution in [3.63, 3.8) is 0 Å². The van der Waals surface area contributed by atoms with Gasteiger partial charge in [-0.25, -0.2) is 9.97 Å². The van der Waals surface area contributed by atoms with Gasteiger partial charge in [-0.3, -0.25) is 4.79 Å². The first-order chi connectivity index (χ1) is 11.3. The molecule has 0 amide bonds. The standard InChI is InChI=1S/C17H11N3O2S/c21-17-15(16-18-6-3-7-19-16)14(13-5-2-9-23-13)11(10-20-17)12-4-1-8-22-12/h1-10H,(H,20,21). The molecule has 4 rings (SSSR count). The van der Waals surface area contributed by atoms with Gasteiger partial charge in [0.2, 0.25) is 0 Å². The Labute approximate surface area is 135 Å². The fraction of sp³-hybridized carbons (Fsp3) is 0. The maximum Gasteiger partial charge on any atom is 0.259 e. The quantitative estimate of drug-likeness (QED) is 0.622. The molecule has 0 unspecified atom stereocenters. The zero-order valence-electron chi connectivity index (χ0n) is 11.9. The average Bonchev–Trinajstić information content (AvgIpc) is 3.29. The van der Waals surface area contributed by atoms with E-state index in [-0.39, 0.29) is 5.56 Å². The van der Waals surface area contributed by atoms with E-state index in [1.807, 2.05) is 29.6 Å². The van der Waals surface area contributed by atoms with Crippen molar-refractivity contribution < 1.29 is 4.42 Å². The van der Waals surface area contributed by atoms with Crippen molar-refractivity contribution >= 4 is 11.3 Å². The molecule has 4 heterocycles. The normalized spacial score (nSPS) is 10.8. The van der Waals surface area contributed by atoms with Crippen molar-refractivity contribution in [3.05, 3.63) is 70.9 Å². The van der Waals surface area contributed by atoms with Crippen molar-refractivity contribution in [2.24, 2.45) is 0 Å². The number of nitrogens with one attached hydrogen (secondary N) is 1. The lowest BCUT2D eigenvalue weighted by atomic mass is 10.00. The first kappa shape index (κ1) is 13.7. The van der Waals surface area contributed by atoms with E-state index in [0.29, 0.717) is 17.1 Å². The van der Waals surface area contributed by atoms with Gasteiger partial charge in [0.25, 0.3) is 5.56 Å². The molecule has 1 N–H and O–H groups in total. The number of pyridine rings is 1. The van der Waals surface area contributed by atoms with Crippen LogP contribution in [0.25, 0.3) is 33.2 Å². The highest BCUT2D eigenvalue weighted by Crippen LogP contribution is 2.38. The van der Waals surface area contributed by atoms with E-state index in [0.717, 1.165) is 16.0 Å². The number of aromatic amines is 1. The lowest BCUT2D eigenvalue weighted by Crippen LogP contribution is -2.12. The maximum atomic E-state index is 12.5. The minimum Gasteiger partial charge on any atom is -0.464 e. The number of rotatable bonds is 3. The van der Waals surface area contributed by atoms with Gasteiger partial charge in [0, 0.05) is 34.6 Å². The van der Waals surface area contributed by atoms with Crippen LogP contribution in [0.15, 0.2) is 69.8 Å². The summed E-state index contributed by atoms with van der Waals surface area (Å²) in [6.07, 6.45) is 6.53. The molecule has 0 atom stereocenters. The number of hydrogen-bond donors (Lipinski definition) is 1. The molecule has 0 spiro atoms. The van der Waals surface area contributed by atoms with Gasteiger partial charge in [0.1, 0.15) is 5.76 Å². The van der Waals surface area contributed by atoms with Crippen LogP contribution >= 0.6 is 11.3 Å². The smallest absolute Gasteiger partial charge is 0.259 e. The minimum atomic E-state index is -0.227. The molecule has 0 aliphatic carbocycles. The van der Waals surface area contributed by atoms with Crippen LogP contribution in [-0.4, -0.2) is 15.0 Å². The number of thiophene rings is 1. The lowest BCUT2D eigenvalue weighted by Gasteiger charge is -2.10. The molecule has 0 aromatic carbocycles. The van der Waals surface area contributed by atoms with E-state index in [2.05, 4.69) is 15.0 Å². The average molecular weight is 321 g/mol. The Balaban J connectivity index is 2.09. The largest absolute Gasteiger partial charge is 0.464 e. The van der Waals surface area contributed by atoms with Crippen LogP contribution in [-0.2, 0) is 0 Å². The van der Waals surface area contributed by atoms with Crippen LogP contribution in [0.2, 0.25) is 0 Å². The monoisotopic (exact) mass is 321 g/mol. The zero-order chi connectivity index (χ0) is 15.6. The molecule has 23 heavy (non-hydrogen) atoms. The van der Waals surface area contributed by atoms with Crippen LogP contribution in [0.1, 0.15) is 0 Å². The predicted octanol–water partition coefficient (Wildman–Crippen LogP) is 3.82. The SMILES string of the molecule is O=c1[nH]cc(-c2ccco2)c(-c2cccs2)c1-c1ncccn1. The van der Waals surface area contributed by atoms with E-state index in [1.165, 1.54) is 0 Å². The van der Waals surface area contributed by atoms with Gasteiger partial charge in [-0.1, -0.05) is 6.07 Å². The van der Waals surface area contributed by atoms with E-state index in [1.54, 1.807) is 42.3 Å². The first-order valence-corrected chi connectivity index (χ1v) is 7.83. The van der Waals surface area contributed by atoms with Crippen molar-refractivity contribution in [2.45, 2.75) is 0 Å². The molecule has 0 saturated heterocycles. The molecule has 0 bridgehead atoms. The molecule has 0 aliphatic rings. The third-order valence-corrected chi connectivity index (χ3v) is 4.32. The van der Waals surface area contributed by atoms with Crippen LogP contribution in [0.4, 0.5) is 0 Å². The predicted molar refractivity (Wildman–Crippen MR) is 89.1 cm³/mol. The molecular formula is C17H11N3O2S. The first-order valence-electron chi connectivity index (χ1n) is 6.95. The van der Waals surface area contributed by atoms with E-state index in [9.17, 15) is 4.79 Å². The number of aromatic nitrogens is 3. The van der Waals surface area contributed by atoms with Gasteiger partial charge in [-0.15, -0.1) is 11.3 Å². The molecule has 6 heteroatoms. The van der Waals surface area contributed by atoms with Crippen LogP contribution in [0, 0.1) is 0 Å². The Hall–Kier alpha value is -2.99. The van der Waals surface area contributed by atoms with Crippen LogP contribution in [0.5, 0.6) is 0 Å². The van der Waals surface area contributed by atoms with Gasteiger partial charge < -0.3 is 9.40 Å². The number of nitrogens with zero attached hydrogens (tertiary/aromatic N) is 2. The summed E-state index contributed by atoms with van der Waals surface area (Å²) >= 11 is 1.55. The third-order valence-electron chi connectivity index (χ3n) is 3.44. The van der Waals surface area contributed by atoms with Crippen molar-refractivity contribution in [2.75, 3.05) is 0 Å². The van der Waals surface area contributed by atoms with Gasteiger partial charge in [0.05, 0.1) is 11.8 Å². The maximum absolute atomic E-state index is 12.5. The summed E-state index contributed by atoms with van der Waals surface area (Å²) in [5, 5.41) is 1.97. The molecule has 4 aromatic heterocycles. The van der Waals surface area contributed by atoms with E-state index < -0.39 is 0 Å². The molecule has 0 fully saturated rings. The van der Waals surface area contributed by atoms with E-state index >= 15 is 0 Å². The molecule has 0 aliphatic heterocycles. The molecule has 5 nitrogen and oxygen atoms in total. The fourth-order valence-electron chi connectivity index (χ4n) is 2.47. The van der Waals surface area contributed by atoms with Gasteiger partial charge >= 0.3 is 0 Å². The Bertz CT molecular complexity index is 975. The number of H-pyrrole nitrogens is 1. The summed E-state index contributed by atoms with van der Waals surface area (Å²) < 4.78 is 5.53. The zero-order valence-corrected chi connectivity index (χ0v) is 12.7. The highest BCUT2D eigenvalue weighted by Gasteiger charge is 2.21. The summed E-state index contributed by atoms with van der Waals surface area (Å²) in [6, 6.07) is 9.32. The summed E-state index contributed by atoms with van der Waals surface area (Å²) in [5.41, 5.74) is 1.81. The molecule has 4 aromatic rings. The number of furan rings is 1. The molecule has 112 valence electrons. The Morgan fingerprint density at radius 2 is 1.91 bits per heavy atom. The highest BCUT2D eigenvalue weighted by molar-refractivity contribution is 7.13. The summed E-state index contributed by atoms with van der Waals surface area (Å²) in [4.78, 5) is 24.7. The summed E-state index contributed by atoms with van der Waals surface area (Å²) in [6.45, 7) is 0. The second-order valence-corrected chi connectivity index (χ2v) is 5.76. The Kier molecular flexibility index (Phi) is 3.36. The Morgan fingerprint density at radius 3 is 2.61 bits per heavy atom. The van der Waals surface area contributed by atoms with Crippen molar-refractivity contribution in [1.29, 1.82) is 0 Å². The summed E-state index contributed by atoms with van der Waals surface area (Å²) in [7, 11) is 0. The molecule has 0 saturated carbocycles. The fourth-order valence-corrected chi connectivity index (χ4v) is 3.27. The second-order valence-electron chi connectivity index (χ2n) is 4.81. The van der Waals surface area contributed by atoms with Gasteiger partial charge in [-0.05, 0) is 29.6 Å². The topological polar surface area (TPSA) is 71.8 Å². The summed E-state index contributed by atoms with van der Waals surface area (Å²) in [5.74, 6) is 1.08. The Morgan fingerprint density at radius 1 is 1.04 bits per heavy atom. The molecular weight excluding hydrogens is 310 g/mol. The molecule has 0 radical (unpaired) electrons. The second kappa shape index (κ2) is 5.66. The number of hydrogen-bond acceptors (Lipinski definition) is 5. The van der Waals surface area contributed by atoms with Crippen molar-refractivity contribution in [1.82, 2.24) is 15.0 Å². The van der Waals surface area contributed by atoms with E-state index in [4.69, 9.17) is 4.42 Å². The van der Waals surface area contributed by atoms with Crippen molar-refractivity contribution in [3.8, 4) is 33.2 Å². The third kappa shape index (κ3) is 2.39. The van der Waals surface area contributed by atoms with Gasteiger partial charge in [0.15, 0.2) is 5.82 Å². The lowest BCUT2D eigenvalue weighted by molar-refractivity contribution is 0.582. The minimum absolute atomic E-state index is 0.227. The van der Waals surface area contributed by atoms with Crippen LogP contribution in [0.3, 0.4) is 0 Å². The van der Waals surface area contributed by atoms with Gasteiger partial charge in [-0.2, -0.15) is 0 Å².